The highest BCUT2D eigenvalue weighted by Gasteiger charge is 2.01. The van der Waals surface area contributed by atoms with Gasteiger partial charge in [0.15, 0.2) is 0 Å². The predicted molar refractivity (Wildman–Crippen MR) is 72.1 cm³/mol. The summed E-state index contributed by atoms with van der Waals surface area (Å²) in [5, 5.41) is 2.39. The number of rotatable bonds is 4. The third-order valence-corrected chi connectivity index (χ3v) is 3.05. The molecule has 0 unspecified atom stereocenters. The molecule has 0 atom stereocenters. The highest BCUT2D eigenvalue weighted by Crippen LogP contribution is 2.28. The molecular formula is C14H15BrO. The molecule has 2 heteroatoms. The molecule has 0 N–H and O–H groups in total. The van der Waals surface area contributed by atoms with Crippen LogP contribution in [0.5, 0.6) is 5.75 Å². The summed E-state index contributed by atoms with van der Waals surface area (Å²) in [5.74, 6) is 0.985. The van der Waals surface area contributed by atoms with Crippen LogP contribution in [0.3, 0.4) is 0 Å². The van der Waals surface area contributed by atoms with E-state index in [1.165, 1.54) is 10.8 Å². The Morgan fingerprint density at radius 2 is 2.06 bits per heavy atom. The van der Waals surface area contributed by atoms with Gasteiger partial charge in [0.2, 0.25) is 0 Å². The van der Waals surface area contributed by atoms with E-state index in [1.54, 1.807) is 0 Å². The molecule has 2 aromatic rings. The van der Waals surface area contributed by atoms with Gasteiger partial charge in [-0.1, -0.05) is 41.4 Å². The van der Waals surface area contributed by atoms with Gasteiger partial charge in [-0.05, 0) is 36.1 Å². The quantitative estimate of drug-likeness (QED) is 0.732. The number of hydrogen-bond donors (Lipinski definition) is 0. The Balaban J connectivity index is 2.30. The lowest BCUT2D eigenvalue weighted by Crippen LogP contribution is -1.96. The van der Waals surface area contributed by atoms with Crippen molar-refractivity contribution < 1.29 is 4.74 Å². The zero-order chi connectivity index (χ0) is 11.4. The summed E-state index contributed by atoms with van der Waals surface area (Å²) in [6, 6.07) is 12.4. The van der Waals surface area contributed by atoms with Crippen LogP contribution in [0.2, 0.25) is 0 Å². The maximum atomic E-state index is 5.78. The van der Waals surface area contributed by atoms with Gasteiger partial charge in [-0.25, -0.2) is 0 Å². The summed E-state index contributed by atoms with van der Waals surface area (Å²) in [6.45, 7) is 2.97. The number of benzene rings is 2. The first-order valence-electron chi connectivity index (χ1n) is 5.62. The van der Waals surface area contributed by atoms with E-state index in [-0.39, 0.29) is 0 Å². The van der Waals surface area contributed by atoms with Crippen molar-refractivity contribution in [1.29, 1.82) is 0 Å². The van der Waals surface area contributed by atoms with Crippen molar-refractivity contribution in [3.8, 4) is 5.75 Å². The average molecular weight is 279 g/mol. The van der Waals surface area contributed by atoms with Crippen molar-refractivity contribution in [2.75, 3.05) is 6.61 Å². The Morgan fingerprint density at radius 3 is 2.88 bits per heavy atom. The van der Waals surface area contributed by atoms with Gasteiger partial charge in [0.1, 0.15) is 5.75 Å². The first kappa shape index (κ1) is 11.5. The normalized spacial score (nSPS) is 10.6. The second kappa shape index (κ2) is 5.35. The molecule has 0 spiro atoms. The molecule has 0 aliphatic carbocycles. The van der Waals surface area contributed by atoms with Gasteiger partial charge in [0, 0.05) is 9.86 Å². The third-order valence-electron chi connectivity index (χ3n) is 2.56. The highest BCUT2D eigenvalue weighted by atomic mass is 79.9. The summed E-state index contributed by atoms with van der Waals surface area (Å²) < 4.78 is 6.89. The minimum absolute atomic E-state index is 0.797. The average Bonchev–Trinajstić information content (AvgIpc) is 2.29. The smallest absolute Gasteiger partial charge is 0.127 e. The first-order chi connectivity index (χ1) is 7.81. The zero-order valence-electron chi connectivity index (χ0n) is 9.37. The molecule has 0 bridgehead atoms. The number of halogens is 1. The van der Waals surface area contributed by atoms with E-state index in [0.717, 1.165) is 29.7 Å². The van der Waals surface area contributed by atoms with Crippen LogP contribution >= 0.6 is 15.9 Å². The SMILES string of the molecule is CCCCOc1cccc2cc(Br)ccc12. The summed E-state index contributed by atoms with van der Waals surface area (Å²) in [6.07, 6.45) is 2.27. The molecule has 0 saturated heterocycles. The monoisotopic (exact) mass is 278 g/mol. The molecule has 0 amide bonds. The molecule has 2 aromatic carbocycles. The van der Waals surface area contributed by atoms with Crippen LogP contribution in [0, 0.1) is 0 Å². The summed E-state index contributed by atoms with van der Waals surface area (Å²) in [5.41, 5.74) is 0. The Morgan fingerprint density at radius 1 is 1.19 bits per heavy atom. The number of fused-ring (bicyclic) bond motifs is 1. The van der Waals surface area contributed by atoms with Gasteiger partial charge in [-0.3, -0.25) is 0 Å². The molecule has 0 heterocycles. The van der Waals surface area contributed by atoms with E-state index in [1.807, 2.05) is 12.1 Å². The lowest BCUT2D eigenvalue weighted by Gasteiger charge is -2.08. The van der Waals surface area contributed by atoms with Crippen molar-refractivity contribution in [3.05, 3.63) is 40.9 Å². The summed E-state index contributed by atoms with van der Waals surface area (Å²) >= 11 is 3.48. The standard InChI is InChI=1S/C14H15BrO/c1-2-3-9-16-14-6-4-5-11-10-12(15)7-8-13(11)14/h4-8,10H,2-3,9H2,1H3. The van der Waals surface area contributed by atoms with E-state index in [9.17, 15) is 0 Å². The van der Waals surface area contributed by atoms with Gasteiger partial charge in [0.25, 0.3) is 0 Å². The second-order valence-electron chi connectivity index (χ2n) is 3.82. The molecule has 0 aliphatic rings. The van der Waals surface area contributed by atoms with Gasteiger partial charge in [-0.2, -0.15) is 0 Å². The minimum atomic E-state index is 0.797. The van der Waals surface area contributed by atoms with Crippen LogP contribution in [-0.4, -0.2) is 6.61 Å². The van der Waals surface area contributed by atoms with E-state index in [0.29, 0.717) is 0 Å². The van der Waals surface area contributed by atoms with Crippen molar-refractivity contribution in [3.63, 3.8) is 0 Å². The largest absolute Gasteiger partial charge is 0.493 e. The Hall–Kier alpha value is -1.02. The van der Waals surface area contributed by atoms with Crippen LogP contribution in [0.1, 0.15) is 19.8 Å². The Labute approximate surface area is 105 Å². The van der Waals surface area contributed by atoms with Crippen molar-refractivity contribution in [1.82, 2.24) is 0 Å². The zero-order valence-corrected chi connectivity index (χ0v) is 11.0. The van der Waals surface area contributed by atoms with Crippen LogP contribution < -0.4 is 4.74 Å². The summed E-state index contributed by atoms with van der Waals surface area (Å²) in [7, 11) is 0. The summed E-state index contributed by atoms with van der Waals surface area (Å²) in [4.78, 5) is 0. The highest BCUT2D eigenvalue weighted by molar-refractivity contribution is 9.10. The number of unbranched alkanes of at least 4 members (excludes halogenated alkanes) is 1. The molecule has 0 saturated carbocycles. The van der Waals surface area contributed by atoms with Gasteiger partial charge < -0.3 is 4.74 Å². The maximum Gasteiger partial charge on any atom is 0.127 e. The predicted octanol–water partition coefficient (Wildman–Crippen LogP) is 4.78. The number of ether oxygens (including phenoxy) is 1. The van der Waals surface area contributed by atoms with E-state index in [2.05, 4.69) is 47.1 Å². The van der Waals surface area contributed by atoms with Crippen molar-refractivity contribution in [2.45, 2.75) is 19.8 Å². The molecule has 2 rings (SSSR count). The van der Waals surface area contributed by atoms with Crippen LogP contribution in [-0.2, 0) is 0 Å². The molecule has 16 heavy (non-hydrogen) atoms. The van der Waals surface area contributed by atoms with Crippen LogP contribution in [0.15, 0.2) is 40.9 Å². The van der Waals surface area contributed by atoms with Gasteiger partial charge >= 0.3 is 0 Å². The van der Waals surface area contributed by atoms with Gasteiger partial charge in [-0.15, -0.1) is 0 Å². The molecule has 0 fully saturated rings. The molecule has 1 nitrogen and oxygen atoms in total. The van der Waals surface area contributed by atoms with Gasteiger partial charge in [0.05, 0.1) is 6.61 Å². The Bertz CT molecular complexity index is 479. The fourth-order valence-corrected chi connectivity index (χ4v) is 2.06. The lowest BCUT2D eigenvalue weighted by molar-refractivity contribution is 0.313. The maximum absolute atomic E-state index is 5.78. The second-order valence-corrected chi connectivity index (χ2v) is 4.74. The fraction of sp³-hybridized carbons (Fsp3) is 0.286. The molecule has 84 valence electrons. The van der Waals surface area contributed by atoms with E-state index < -0.39 is 0 Å². The minimum Gasteiger partial charge on any atom is -0.493 e. The Kier molecular flexibility index (Phi) is 3.83. The van der Waals surface area contributed by atoms with Crippen LogP contribution in [0.25, 0.3) is 10.8 Å². The third kappa shape index (κ3) is 2.56. The fourth-order valence-electron chi connectivity index (χ4n) is 1.68. The van der Waals surface area contributed by atoms with Crippen molar-refractivity contribution >= 4 is 26.7 Å². The molecule has 0 aromatic heterocycles. The molecule has 0 aliphatic heterocycles. The lowest BCUT2D eigenvalue weighted by atomic mass is 10.1. The van der Waals surface area contributed by atoms with Crippen LogP contribution in [0.4, 0.5) is 0 Å². The van der Waals surface area contributed by atoms with Crippen molar-refractivity contribution in [2.24, 2.45) is 0 Å². The van der Waals surface area contributed by atoms with E-state index >= 15 is 0 Å². The number of hydrogen-bond acceptors (Lipinski definition) is 1. The topological polar surface area (TPSA) is 9.23 Å². The molecule has 0 radical (unpaired) electrons. The van der Waals surface area contributed by atoms with E-state index in [4.69, 9.17) is 4.74 Å². The molecular weight excluding hydrogens is 264 g/mol. The first-order valence-corrected chi connectivity index (χ1v) is 6.41.